The monoisotopic (exact) mass is 409 g/mol. The number of carbonyl (C=O) groups excluding carboxylic acids is 3. The number of nitrogens with one attached hydrogen (secondary N) is 1. The number of likely N-dealkylation sites (N-methyl/N-ethyl adjacent to an activating group) is 1. The predicted octanol–water partition coefficient (Wildman–Crippen LogP) is 2.73. The van der Waals surface area contributed by atoms with Crippen LogP contribution in [0, 0.1) is 0 Å². The zero-order valence-corrected chi connectivity index (χ0v) is 17.8. The van der Waals surface area contributed by atoms with Crippen molar-refractivity contribution in [1.82, 2.24) is 15.1 Å². The topological polar surface area (TPSA) is 79.0 Å². The third kappa shape index (κ3) is 4.07. The van der Waals surface area contributed by atoms with Crippen molar-refractivity contribution in [2.75, 3.05) is 33.8 Å². The molecule has 30 heavy (non-hydrogen) atoms. The molecule has 0 saturated heterocycles. The first-order chi connectivity index (χ1) is 14.4. The highest BCUT2D eigenvalue weighted by Crippen LogP contribution is 2.25. The van der Waals surface area contributed by atoms with Crippen molar-refractivity contribution < 1.29 is 19.1 Å². The summed E-state index contributed by atoms with van der Waals surface area (Å²) in [7, 11) is 3.07. The Balaban J connectivity index is 1.80. The van der Waals surface area contributed by atoms with Crippen molar-refractivity contribution in [2.24, 2.45) is 0 Å². The molecule has 0 saturated carbocycles. The molecule has 3 rings (SSSR count). The average molecular weight is 409 g/mol. The van der Waals surface area contributed by atoms with Crippen molar-refractivity contribution >= 4 is 17.7 Å². The Labute approximate surface area is 176 Å². The van der Waals surface area contributed by atoms with Crippen molar-refractivity contribution in [3.63, 3.8) is 0 Å². The molecule has 0 aromatic heterocycles. The fourth-order valence-corrected chi connectivity index (χ4v) is 3.76. The van der Waals surface area contributed by atoms with Gasteiger partial charge in [0.15, 0.2) is 0 Å². The Bertz CT molecular complexity index is 969. The highest BCUT2D eigenvalue weighted by Gasteiger charge is 2.33. The van der Waals surface area contributed by atoms with Crippen molar-refractivity contribution in [3.05, 3.63) is 64.7 Å². The van der Waals surface area contributed by atoms with Crippen molar-refractivity contribution in [3.8, 4) is 5.75 Å². The summed E-state index contributed by atoms with van der Waals surface area (Å²) in [5.41, 5.74) is 2.00. The highest BCUT2D eigenvalue weighted by molar-refractivity contribution is 6.21. The molecule has 2 aromatic carbocycles. The van der Waals surface area contributed by atoms with Crippen LogP contribution in [-0.2, 0) is 0 Å². The first kappa shape index (κ1) is 21.5. The summed E-state index contributed by atoms with van der Waals surface area (Å²) < 4.78 is 5.35. The molecule has 7 nitrogen and oxygen atoms in total. The lowest BCUT2D eigenvalue weighted by Gasteiger charge is -2.30. The molecule has 3 amide bonds. The number of methoxy groups -OCH3 is 1. The lowest BCUT2D eigenvalue weighted by atomic mass is 10.0. The molecular weight excluding hydrogens is 382 g/mol. The number of carbonyl (C=O) groups is 3. The van der Waals surface area contributed by atoms with Crippen LogP contribution in [0.15, 0.2) is 42.5 Å². The standard InChI is InChI=1S/C23H27N3O4/c1-5-26(6-2)20(15-8-7-9-17(12-15)30-4)14-24-21(27)16-10-11-18-19(13-16)23(29)25(3)22(18)28/h7-13,20H,5-6,14H2,1-4H3,(H,24,27). The molecule has 0 spiro atoms. The largest absolute Gasteiger partial charge is 0.497 e. The SMILES string of the molecule is CCN(CC)C(CNC(=O)c1ccc2c(c1)C(=O)N(C)C2=O)c1cccc(OC)c1. The lowest BCUT2D eigenvalue weighted by Crippen LogP contribution is -2.38. The number of benzene rings is 2. The normalized spacial score (nSPS) is 14.1. The molecule has 7 heteroatoms. The minimum atomic E-state index is -0.387. The number of fused-ring (bicyclic) bond motifs is 1. The Morgan fingerprint density at radius 3 is 2.43 bits per heavy atom. The molecule has 0 fully saturated rings. The summed E-state index contributed by atoms with van der Waals surface area (Å²) >= 11 is 0. The van der Waals surface area contributed by atoms with E-state index >= 15 is 0 Å². The average Bonchev–Trinajstić information content (AvgIpc) is 3.00. The Morgan fingerprint density at radius 1 is 1.07 bits per heavy atom. The number of rotatable bonds is 8. The molecule has 1 aliphatic heterocycles. The number of ether oxygens (including phenoxy) is 1. The van der Waals surface area contributed by atoms with Gasteiger partial charge in [-0.2, -0.15) is 0 Å². The quantitative estimate of drug-likeness (QED) is 0.679. The maximum absolute atomic E-state index is 12.8. The van der Waals surface area contributed by atoms with Crippen LogP contribution in [0.1, 0.15) is 56.5 Å². The molecule has 0 radical (unpaired) electrons. The maximum Gasteiger partial charge on any atom is 0.261 e. The third-order valence-electron chi connectivity index (χ3n) is 5.54. The Morgan fingerprint density at radius 2 is 1.77 bits per heavy atom. The van der Waals surface area contributed by atoms with Gasteiger partial charge in [0, 0.05) is 19.2 Å². The van der Waals surface area contributed by atoms with Crippen LogP contribution in [0.3, 0.4) is 0 Å². The van der Waals surface area contributed by atoms with E-state index < -0.39 is 0 Å². The van der Waals surface area contributed by atoms with E-state index in [0.717, 1.165) is 29.3 Å². The zero-order chi connectivity index (χ0) is 21.8. The van der Waals surface area contributed by atoms with Crippen LogP contribution < -0.4 is 10.1 Å². The summed E-state index contributed by atoms with van der Waals surface area (Å²) in [5.74, 6) is -0.252. The van der Waals surface area contributed by atoms with E-state index in [4.69, 9.17) is 4.74 Å². The van der Waals surface area contributed by atoms with Crippen LogP contribution in [0.5, 0.6) is 5.75 Å². The fourth-order valence-electron chi connectivity index (χ4n) is 3.76. The van der Waals surface area contributed by atoms with Crippen LogP contribution in [-0.4, -0.2) is 61.3 Å². The molecule has 158 valence electrons. The van der Waals surface area contributed by atoms with Gasteiger partial charge in [-0.1, -0.05) is 26.0 Å². The summed E-state index contributed by atoms with van der Waals surface area (Å²) in [6, 6.07) is 12.4. The fraction of sp³-hybridized carbons (Fsp3) is 0.348. The van der Waals surface area contributed by atoms with Gasteiger partial charge in [0.1, 0.15) is 5.75 Å². The lowest BCUT2D eigenvalue weighted by molar-refractivity contribution is 0.0693. The second kappa shape index (κ2) is 9.09. The van der Waals surface area contributed by atoms with E-state index in [1.165, 1.54) is 19.2 Å². The number of hydrogen-bond acceptors (Lipinski definition) is 5. The molecule has 1 heterocycles. The van der Waals surface area contributed by atoms with Gasteiger partial charge in [0.05, 0.1) is 24.3 Å². The number of amides is 3. The molecule has 0 bridgehead atoms. The van der Waals surface area contributed by atoms with Crippen molar-refractivity contribution in [2.45, 2.75) is 19.9 Å². The molecule has 1 atom stereocenters. The van der Waals surface area contributed by atoms with Gasteiger partial charge >= 0.3 is 0 Å². The van der Waals surface area contributed by atoms with E-state index in [2.05, 4.69) is 24.1 Å². The summed E-state index contributed by atoms with van der Waals surface area (Å²) in [4.78, 5) is 40.4. The first-order valence-corrected chi connectivity index (χ1v) is 10.0. The van der Waals surface area contributed by atoms with E-state index in [-0.39, 0.29) is 29.3 Å². The second-order valence-corrected chi connectivity index (χ2v) is 7.15. The third-order valence-corrected chi connectivity index (χ3v) is 5.54. The smallest absolute Gasteiger partial charge is 0.261 e. The van der Waals surface area contributed by atoms with Crippen LogP contribution in [0.2, 0.25) is 0 Å². The molecule has 0 aliphatic carbocycles. The maximum atomic E-state index is 12.8. The van der Waals surface area contributed by atoms with E-state index in [9.17, 15) is 14.4 Å². The zero-order valence-electron chi connectivity index (χ0n) is 17.8. The Kier molecular flexibility index (Phi) is 6.52. The van der Waals surface area contributed by atoms with Crippen LogP contribution in [0.25, 0.3) is 0 Å². The van der Waals surface area contributed by atoms with Gasteiger partial charge in [-0.15, -0.1) is 0 Å². The first-order valence-electron chi connectivity index (χ1n) is 10.0. The van der Waals surface area contributed by atoms with Gasteiger partial charge in [0.2, 0.25) is 0 Å². The van der Waals surface area contributed by atoms with Crippen LogP contribution >= 0.6 is 0 Å². The Hall–Kier alpha value is -3.19. The molecule has 1 unspecified atom stereocenters. The highest BCUT2D eigenvalue weighted by atomic mass is 16.5. The van der Waals surface area contributed by atoms with E-state index in [1.54, 1.807) is 13.2 Å². The minimum absolute atomic E-state index is 0.0252. The van der Waals surface area contributed by atoms with Crippen LogP contribution in [0.4, 0.5) is 0 Å². The molecule has 1 N–H and O–H groups in total. The minimum Gasteiger partial charge on any atom is -0.497 e. The van der Waals surface area contributed by atoms with Gasteiger partial charge in [-0.3, -0.25) is 24.2 Å². The number of imide groups is 1. The van der Waals surface area contributed by atoms with Gasteiger partial charge in [0.25, 0.3) is 17.7 Å². The van der Waals surface area contributed by atoms with Gasteiger partial charge in [-0.05, 0) is 49.0 Å². The molecular formula is C23H27N3O4. The van der Waals surface area contributed by atoms with Gasteiger partial charge < -0.3 is 10.1 Å². The summed E-state index contributed by atoms with van der Waals surface area (Å²) in [6.07, 6.45) is 0. The second-order valence-electron chi connectivity index (χ2n) is 7.15. The van der Waals surface area contributed by atoms with E-state index in [0.29, 0.717) is 17.7 Å². The van der Waals surface area contributed by atoms with Gasteiger partial charge in [-0.25, -0.2) is 0 Å². The molecule has 2 aromatic rings. The van der Waals surface area contributed by atoms with Crippen molar-refractivity contribution in [1.29, 1.82) is 0 Å². The molecule has 1 aliphatic rings. The summed E-state index contributed by atoms with van der Waals surface area (Å²) in [5, 5.41) is 2.98. The van der Waals surface area contributed by atoms with E-state index in [1.807, 2.05) is 24.3 Å². The predicted molar refractivity (Wildman–Crippen MR) is 114 cm³/mol. The summed E-state index contributed by atoms with van der Waals surface area (Å²) in [6.45, 7) is 6.22. The number of hydrogen-bond donors (Lipinski definition) is 1. The number of nitrogens with zero attached hydrogens (tertiary/aromatic N) is 2.